The van der Waals surface area contributed by atoms with Crippen LogP contribution in [-0.4, -0.2) is 30.3 Å². The Morgan fingerprint density at radius 2 is 1.53 bits per heavy atom. The van der Waals surface area contributed by atoms with Crippen molar-refractivity contribution in [2.75, 3.05) is 14.1 Å². The molecule has 6 nitrogen and oxygen atoms in total. The Morgan fingerprint density at radius 3 is 2.22 bits per heavy atom. The Kier molecular flexibility index (Phi) is 6.57. The number of benzene rings is 3. The molecule has 1 atom stereocenters. The van der Waals surface area contributed by atoms with Crippen molar-refractivity contribution in [2.24, 2.45) is 4.99 Å². The van der Waals surface area contributed by atoms with Gasteiger partial charge in [-0.15, -0.1) is 0 Å². The van der Waals surface area contributed by atoms with Gasteiger partial charge in [0.1, 0.15) is 8.72 Å². The molecule has 0 saturated heterocycles. The van der Waals surface area contributed by atoms with Crippen LogP contribution in [0.2, 0.25) is 0 Å². The molecule has 3 aromatic carbocycles. The van der Waals surface area contributed by atoms with Gasteiger partial charge in [-0.2, -0.15) is 14.0 Å². The maximum atomic E-state index is 11.7. The topological polar surface area (TPSA) is 94.0 Å². The second kappa shape index (κ2) is 9.38. The second-order valence-electron chi connectivity index (χ2n) is 7.26. The molecule has 32 heavy (non-hydrogen) atoms. The SMILES string of the molecule is CN(C)C=NC1=S(O[Cl+3]([O-])([O-])[O-])C(c2ccc3ccccc3c2)=CC=C1c1ccccc1. The van der Waals surface area contributed by atoms with Gasteiger partial charge < -0.3 is 4.90 Å². The highest BCUT2D eigenvalue weighted by atomic mass is 35.7. The molecular formula is C24H21ClN2O4S. The van der Waals surface area contributed by atoms with Gasteiger partial charge in [-0.05, 0) is 34.0 Å². The number of allylic oxidation sites excluding steroid dienone is 2. The Hall–Kier alpha value is -2.78. The van der Waals surface area contributed by atoms with Crippen LogP contribution >= 0.6 is 10.8 Å². The smallest absolute Gasteiger partial charge is 0.167 e. The molecule has 0 bridgehead atoms. The molecule has 1 heterocycles. The summed E-state index contributed by atoms with van der Waals surface area (Å²) in [4.78, 5) is 7.19. The van der Waals surface area contributed by atoms with E-state index in [1.165, 1.54) is 0 Å². The standard InChI is InChI=1S/C24H21ClN2O4S/c1-27(2)17-26-24-22(19-9-4-3-5-10-19)14-15-23(32(24)31-25(28,29)30)21-13-12-18-8-6-7-11-20(18)16-21/h3-17H,1-2H3. The van der Waals surface area contributed by atoms with Gasteiger partial charge in [-0.1, -0.05) is 72.8 Å². The van der Waals surface area contributed by atoms with Crippen molar-refractivity contribution in [3.05, 3.63) is 96.1 Å². The Morgan fingerprint density at radius 1 is 0.844 bits per heavy atom. The third-order valence-corrected chi connectivity index (χ3v) is 7.24. The average molecular weight is 469 g/mol. The number of hydrogen-bond donors (Lipinski definition) is 0. The van der Waals surface area contributed by atoms with E-state index in [1.54, 1.807) is 31.4 Å². The van der Waals surface area contributed by atoms with E-state index in [9.17, 15) is 14.0 Å². The highest BCUT2D eigenvalue weighted by molar-refractivity contribution is 8.20. The van der Waals surface area contributed by atoms with E-state index in [4.69, 9.17) is 3.74 Å². The second-order valence-corrected chi connectivity index (χ2v) is 9.89. The van der Waals surface area contributed by atoms with E-state index in [-0.39, 0.29) is 0 Å². The van der Waals surface area contributed by atoms with Crippen molar-refractivity contribution in [3.8, 4) is 0 Å². The molecule has 1 aliphatic heterocycles. The van der Waals surface area contributed by atoms with Crippen LogP contribution in [0.15, 0.2) is 89.9 Å². The monoisotopic (exact) mass is 468 g/mol. The summed E-state index contributed by atoms with van der Waals surface area (Å²) < 4.78 is 40.2. The van der Waals surface area contributed by atoms with Crippen LogP contribution in [0, 0.1) is 10.2 Å². The van der Waals surface area contributed by atoms with Gasteiger partial charge in [0.2, 0.25) is 0 Å². The summed E-state index contributed by atoms with van der Waals surface area (Å²) in [7, 11) is -2.64. The summed E-state index contributed by atoms with van der Waals surface area (Å²) in [5.74, 6) is 0. The quantitative estimate of drug-likeness (QED) is 0.324. The van der Waals surface area contributed by atoms with Gasteiger partial charge in [0.15, 0.2) is 10.8 Å². The van der Waals surface area contributed by atoms with Crippen LogP contribution in [0.5, 0.6) is 0 Å². The molecule has 1 unspecified atom stereocenters. The molecule has 4 rings (SSSR count). The first-order valence-electron chi connectivity index (χ1n) is 9.71. The van der Waals surface area contributed by atoms with Crippen LogP contribution in [0.1, 0.15) is 11.1 Å². The van der Waals surface area contributed by atoms with Crippen LogP contribution in [0.25, 0.3) is 21.3 Å². The Labute approximate surface area is 191 Å². The molecular weight excluding hydrogens is 448 g/mol. The van der Waals surface area contributed by atoms with Crippen molar-refractivity contribution in [3.63, 3.8) is 0 Å². The third kappa shape index (κ3) is 5.16. The fraction of sp³-hybridized carbons (Fsp3) is 0.0833. The molecule has 0 amide bonds. The highest BCUT2D eigenvalue weighted by Crippen LogP contribution is 2.44. The van der Waals surface area contributed by atoms with Crippen molar-refractivity contribution in [1.82, 2.24) is 4.90 Å². The zero-order valence-electron chi connectivity index (χ0n) is 17.5. The zero-order chi connectivity index (χ0) is 22.7. The van der Waals surface area contributed by atoms with E-state index < -0.39 is 21.0 Å². The third-order valence-electron chi connectivity index (χ3n) is 4.67. The fourth-order valence-electron chi connectivity index (χ4n) is 3.31. The first-order valence-corrected chi connectivity index (χ1v) is 12.1. The first-order chi connectivity index (χ1) is 15.3. The van der Waals surface area contributed by atoms with Crippen molar-refractivity contribution in [2.45, 2.75) is 0 Å². The molecule has 0 fully saturated rings. The van der Waals surface area contributed by atoms with Crippen LogP contribution in [0.3, 0.4) is 0 Å². The van der Waals surface area contributed by atoms with Gasteiger partial charge in [-0.25, -0.2) is 4.99 Å². The number of nitrogens with zero attached hydrogens (tertiary/aromatic N) is 2. The average Bonchev–Trinajstić information content (AvgIpc) is 2.77. The van der Waals surface area contributed by atoms with E-state index in [0.29, 0.717) is 15.5 Å². The van der Waals surface area contributed by atoms with Gasteiger partial charge in [0.05, 0.1) is 21.5 Å². The maximum Gasteiger partial charge on any atom is 0.167 e. The molecule has 3 aromatic rings. The molecule has 0 saturated carbocycles. The van der Waals surface area contributed by atoms with E-state index >= 15 is 0 Å². The summed E-state index contributed by atoms with van der Waals surface area (Å²) >= 11 is 0. The summed E-state index contributed by atoms with van der Waals surface area (Å²) in [5, 5.41) is 2.05. The Balaban J connectivity index is 1.94. The van der Waals surface area contributed by atoms with E-state index in [2.05, 4.69) is 4.99 Å². The lowest BCUT2D eigenvalue weighted by Gasteiger charge is -2.21. The number of rotatable bonds is 5. The minimum atomic E-state index is -4.69. The van der Waals surface area contributed by atoms with Gasteiger partial charge in [-0.3, -0.25) is 0 Å². The first kappa shape index (κ1) is 22.4. The van der Waals surface area contributed by atoms with Gasteiger partial charge in [0, 0.05) is 19.7 Å². The van der Waals surface area contributed by atoms with Gasteiger partial charge in [0.25, 0.3) is 0 Å². The largest absolute Gasteiger partial charge is 0.369 e. The van der Waals surface area contributed by atoms with Gasteiger partial charge >= 0.3 is 0 Å². The molecule has 0 radical (unpaired) electrons. The van der Waals surface area contributed by atoms with E-state index in [0.717, 1.165) is 21.9 Å². The summed E-state index contributed by atoms with van der Waals surface area (Å²) in [6, 6.07) is 23.1. The molecule has 0 aromatic heterocycles. The Bertz CT molecular complexity index is 1260. The zero-order valence-corrected chi connectivity index (χ0v) is 19.0. The lowest BCUT2D eigenvalue weighted by molar-refractivity contribution is -1.91. The molecule has 0 aliphatic carbocycles. The minimum Gasteiger partial charge on any atom is -0.369 e. The molecule has 164 valence electrons. The summed E-state index contributed by atoms with van der Waals surface area (Å²) in [6.45, 7) is 0. The highest BCUT2D eigenvalue weighted by Gasteiger charge is 2.32. The van der Waals surface area contributed by atoms with Crippen LogP contribution in [-0.2, 0) is 3.74 Å². The molecule has 1 aliphatic rings. The van der Waals surface area contributed by atoms with E-state index in [1.807, 2.05) is 78.9 Å². The fourth-order valence-corrected chi connectivity index (χ4v) is 5.70. The lowest BCUT2D eigenvalue weighted by Crippen LogP contribution is -2.60. The predicted octanol–water partition coefficient (Wildman–Crippen LogP) is 2.10. The minimum absolute atomic E-state index is 0.363. The number of fused-ring (bicyclic) bond motifs is 1. The van der Waals surface area contributed by atoms with Crippen molar-refractivity contribution in [1.29, 1.82) is 0 Å². The van der Waals surface area contributed by atoms with Crippen LogP contribution in [0.4, 0.5) is 0 Å². The maximum absolute atomic E-state index is 11.7. The predicted molar refractivity (Wildman–Crippen MR) is 122 cm³/mol. The van der Waals surface area contributed by atoms with Crippen molar-refractivity contribution < 1.29 is 28.0 Å². The normalized spacial score (nSPS) is 16.9. The number of halogens is 1. The lowest BCUT2D eigenvalue weighted by atomic mass is 10.0. The van der Waals surface area contributed by atoms with Crippen LogP contribution < -0.4 is 14.0 Å². The van der Waals surface area contributed by atoms with Crippen molar-refractivity contribution >= 4 is 43.3 Å². The molecule has 0 N–H and O–H groups in total. The number of hydrogen-bond acceptors (Lipinski definition) is 5. The number of aliphatic imine (C=N–C) groups is 1. The molecule has 0 spiro atoms. The molecule has 8 heteroatoms. The summed E-state index contributed by atoms with van der Waals surface area (Å²) in [5.41, 5.74) is 2.29. The summed E-state index contributed by atoms with van der Waals surface area (Å²) in [6.07, 6.45) is 5.24.